The number of aryl methyl sites for hydroxylation is 1. The topological polar surface area (TPSA) is 118 Å². The van der Waals surface area contributed by atoms with Gasteiger partial charge in [-0.2, -0.15) is 0 Å². The summed E-state index contributed by atoms with van der Waals surface area (Å²) in [5.41, 5.74) is 1.60. The summed E-state index contributed by atoms with van der Waals surface area (Å²) in [6.07, 6.45) is 0. The molecule has 0 aliphatic rings. The Labute approximate surface area is 139 Å². The molecule has 2 amide bonds. The molecule has 0 saturated carbocycles. The summed E-state index contributed by atoms with van der Waals surface area (Å²) in [6, 6.07) is 10.8. The zero-order valence-corrected chi connectivity index (χ0v) is 14.0. The van der Waals surface area contributed by atoms with E-state index in [9.17, 15) is 18.0 Å². The van der Waals surface area contributed by atoms with Crippen LogP contribution in [0.3, 0.4) is 0 Å². The van der Waals surface area contributed by atoms with Gasteiger partial charge in [-0.15, -0.1) is 0 Å². The van der Waals surface area contributed by atoms with Gasteiger partial charge in [0.1, 0.15) is 0 Å². The molecule has 0 aromatic heterocycles. The third-order valence-electron chi connectivity index (χ3n) is 3.20. The first-order chi connectivity index (χ1) is 11.2. The molecule has 0 saturated heterocycles. The molecule has 7 nitrogen and oxygen atoms in total. The van der Waals surface area contributed by atoms with Crippen LogP contribution in [0.4, 0.5) is 11.4 Å². The van der Waals surface area contributed by atoms with Crippen molar-refractivity contribution in [3.8, 4) is 0 Å². The van der Waals surface area contributed by atoms with Gasteiger partial charge in [0, 0.05) is 23.9 Å². The highest BCUT2D eigenvalue weighted by Gasteiger charge is 2.14. The number of nitrogens with one attached hydrogen (secondary N) is 2. The van der Waals surface area contributed by atoms with Gasteiger partial charge in [-0.05, 0) is 42.8 Å². The van der Waals surface area contributed by atoms with Crippen LogP contribution in [0.1, 0.15) is 22.8 Å². The number of nitrogens with two attached hydrogens (primary N) is 1. The zero-order valence-electron chi connectivity index (χ0n) is 13.2. The van der Waals surface area contributed by atoms with Crippen molar-refractivity contribution in [3.05, 3.63) is 53.6 Å². The van der Waals surface area contributed by atoms with E-state index < -0.39 is 15.9 Å². The summed E-state index contributed by atoms with van der Waals surface area (Å²) < 4.78 is 23.1. The summed E-state index contributed by atoms with van der Waals surface area (Å²) in [5, 5.41) is 10.3. The van der Waals surface area contributed by atoms with E-state index in [1.807, 2.05) is 0 Å². The first kappa shape index (κ1) is 17.6. The van der Waals surface area contributed by atoms with E-state index >= 15 is 0 Å². The molecule has 0 heterocycles. The highest BCUT2D eigenvalue weighted by Crippen LogP contribution is 2.20. The third kappa shape index (κ3) is 4.40. The van der Waals surface area contributed by atoms with Gasteiger partial charge in [-0.25, -0.2) is 13.6 Å². The van der Waals surface area contributed by atoms with E-state index in [-0.39, 0.29) is 10.8 Å². The molecule has 0 unspecified atom stereocenters. The van der Waals surface area contributed by atoms with Gasteiger partial charge in [0.25, 0.3) is 5.91 Å². The lowest BCUT2D eigenvalue weighted by Crippen LogP contribution is -2.16. The smallest absolute Gasteiger partial charge is 0.255 e. The Kier molecular flexibility index (Phi) is 5.01. The Bertz CT molecular complexity index is 907. The Balaban J connectivity index is 2.26. The summed E-state index contributed by atoms with van der Waals surface area (Å²) in [6.45, 7) is 2.98. The van der Waals surface area contributed by atoms with Crippen molar-refractivity contribution < 1.29 is 18.0 Å². The number of hydrogen-bond acceptors (Lipinski definition) is 4. The Morgan fingerprint density at radius 2 is 1.67 bits per heavy atom. The second kappa shape index (κ2) is 6.81. The van der Waals surface area contributed by atoms with Crippen LogP contribution < -0.4 is 15.8 Å². The van der Waals surface area contributed by atoms with Gasteiger partial charge >= 0.3 is 0 Å². The second-order valence-corrected chi connectivity index (χ2v) is 6.77. The van der Waals surface area contributed by atoms with Crippen LogP contribution in [-0.2, 0) is 14.8 Å². The SMILES string of the molecule is CC(=O)Nc1cccc(C(=O)Nc2ccc(C)c(S(N)(=O)=O)c2)c1. The number of amides is 2. The van der Waals surface area contributed by atoms with Gasteiger partial charge in [0.2, 0.25) is 15.9 Å². The van der Waals surface area contributed by atoms with E-state index in [1.54, 1.807) is 37.3 Å². The Morgan fingerprint density at radius 1 is 1.00 bits per heavy atom. The van der Waals surface area contributed by atoms with E-state index in [4.69, 9.17) is 5.14 Å². The molecule has 0 fully saturated rings. The van der Waals surface area contributed by atoms with E-state index in [0.29, 0.717) is 22.5 Å². The van der Waals surface area contributed by atoms with Gasteiger partial charge in [0.15, 0.2) is 0 Å². The lowest BCUT2D eigenvalue weighted by Gasteiger charge is -2.10. The van der Waals surface area contributed by atoms with Gasteiger partial charge in [-0.1, -0.05) is 12.1 Å². The predicted molar refractivity (Wildman–Crippen MR) is 91.3 cm³/mol. The highest BCUT2D eigenvalue weighted by molar-refractivity contribution is 7.89. The molecular formula is C16H17N3O4S. The van der Waals surface area contributed by atoms with Crippen LogP contribution in [0, 0.1) is 6.92 Å². The Hall–Kier alpha value is -2.71. The molecule has 8 heteroatoms. The van der Waals surface area contributed by atoms with Crippen LogP contribution in [0.25, 0.3) is 0 Å². The van der Waals surface area contributed by atoms with Crippen LogP contribution in [-0.4, -0.2) is 20.2 Å². The van der Waals surface area contributed by atoms with Crippen molar-refractivity contribution in [2.45, 2.75) is 18.7 Å². The normalized spacial score (nSPS) is 11.0. The molecule has 0 aliphatic heterocycles. The lowest BCUT2D eigenvalue weighted by atomic mass is 10.1. The van der Waals surface area contributed by atoms with E-state index in [2.05, 4.69) is 10.6 Å². The number of carbonyl (C=O) groups excluding carboxylic acids is 2. The number of primary sulfonamides is 1. The van der Waals surface area contributed by atoms with Crippen molar-refractivity contribution in [3.63, 3.8) is 0 Å². The van der Waals surface area contributed by atoms with Crippen LogP contribution in [0.5, 0.6) is 0 Å². The largest absolute Gasteiger partial charge is 0.326 e. The van der Waals surface area contributed by atoms with Crippen LogP contribution in [0.15, 0.2) is 47.4 Å². The van der Waals surface area contributed by atoms with Crippen molar-refractivity contribution in [1.82, 2.24) is 0 Å². The minimum atomic E-state index is -3.88. The molecule has 0 atom stereocenters. The standard InChI is InChI=1S/C16H17N3O4S/c1-10-6-7-14(9-15(10)24(17,22)23)19-16(21)12-4-3-5-13(8-12)18-11(2)20/h3-9H,1-2H3,(H,18,20)(H,19,21)(H2,17,22,23). The van der Waals surface area contributed by atoms with Crippen molar-refractivity contribution in [2.24, 2.45) is 5.14 Å². The molecule has 4 N–H and O–H groups in total. The van der Waals surface area contributed by atoms with Gasteiger partial charge in [0.05, 0.1) is 4.90 Å². The molecule has 0 aliphatic carbocycles. The van der Waals surface area contributed by atoms with Gasteiger partial charge < -0.3 is 10.6 Å². The fourth-order valence-corrected chi connectivity index (χ4v) is 2.94. The molecular weight excluding hydrogens is 330 g/mol. The number of hydrogen-bond donors (Lipinski definition) is 3. The van der Waals surface area contributed by atoms with Crippen molar-refractivity contribution in [2.75, 3.05) is 10.6 Å². The number of anilines is 2. The number of sulfonamides is 1. The predicted octanol–water partition coefficient (Wildman–Crippen LogP) is 1.85. The third-order valence-corrected chi connectivity index (χ3v) is 4.25. The number of rotatable bonds is 4. The maximum atomic E-state index is 12.3. The number of benzene rings is 2. The summed E-state index contributed by atoms with van der Waals surface area (Å²) in [7, 11) is -3.88. The minimum Gasteiger partial charge on any atom is -0.326 e. The molecule has 2 rings (SSSR count). The molecule has 0 radical (unpaired) electrons. The average molecular weight is 347 g/mol. The van der Waals surface area contributed by atoms with Crippen LogP contribution >= 0.6 is 0 Å². The van der Waals surface area contributed by atoms with Crippen LogP contribution in [0.2, 0.25) is 0 Å². The zero-order chi connectivity index (χ0) is 17.9. The fraction of sp³-hybridized carbons (Fsp3) is 0.125. The maximum absolute atomic E-state index is 12.3. The lowest BCUT2D eigenvalue weighted by molar-refractivity contribution is -0.114. The molecule has 0 spiro atoms. The van der Waals surface area contributed by atoms with Gasteiger partial charge in [-0.3, -0.25) is 9.59 Å². The quantitative estimate of drug-likeness (QED) is 0.782. The molecule has 2 aromatic carbocycles. The first-order valence-electron chi connectivity index (χ1n) is 6.99. The molecule has 2 aromatic rings. The van der Waals surface area contributed by atoms with E-state index in [1.165, 1.54) is 19.1 Å². The summed E-state index contributed by atoms with van der Waals surface area (Å²) in [5.74, 6) is -0.685. The first-order valence-corrected chi connectivity index (χ1v) is 8.54. The van der Waals surface area contributed by atoms with Crippen molar-refractivity contribution in [1.29, 1.82) is 0 Å². The maximum Gasteiger partial charge on any atom is 0.255 e. The Morgan fingerprint density at radius 3 is 2.29 bits per heavy atom. The number of carbonyl (C=O) groups is 2. The second-order valence-electron chi connectivity index (χ2n) is 5.24. The summed E-state index contributed by atoms with van der Waals surface area (Å²) in [4.78, 5) is 23.3. The molecule has 24 heavy (non-hydrogen) atoms. The molecule has 126 valence electrons. The monoisotopic (exact) mass is 347 g/mol. The fourth-order valence-electron chi connectivity index (χ4n) is 2.13. The minimum absolute atomic E-state index is 0.0488. The summed E-state index contributed by atoms with van der Waals surface area (Å²) >= 11 is 0. The van der Waals surface area contributed by atoms with E-state index in [0.717, 1.165) is 0 Å². The average Bonchev–Trinajstić information content (AvgIpc) is 2.47. The highest BCUT2D eigenvalue weighted by atomic mass is 32.2. The van der Waals surface area contributed by atoms with Crippen molar-refractivity contribution >= 4 is 33.2 Å². The molecule has 0 bridgehead atoms.